The van der Waals surface area contributed by atoms with E-state index in [0.717, 1.165) is 22.4 Å². The summed E-state index contributed by atoms with van der Waals surface area (Å²) in [5.41, 5.74) is 3.81. The lowest BCUT2D eigenvalue weighted by Crippen LogP contribution is -2.01. The third-order valence-electron chi connectivity index (χ3n) is 3.23. The van der Waals surface area contributed by atoms with E-state index in [4.69, 9.17) is 5.11 Å². The Morgan fingerprint density at radius 1 is 1.00 bits per heavy atom. The Hall–Kier alpha value is -2.13. The molecule has 0 heterocycles. The molecular formula is C17H19NO2. The number of nitrogens with one attached hydrogen (secondary N) is 1. The molecule has 0 spiro atoms. The molecule has 0 fully saturated rings. The summed E-state index contributed by atoms with van der Waals surface area (Å²) in [5.74, 6) is 0.163. The summed E-state index contributed by atoms with van der Waals surface area (Å²) in [6.07, 6.45) is 0.532. The van der Waals surface area contributed by atoms with Gasteiger partial charge in [-0.15, -0.1) is 0 Å². The molecule has 2 N–H and O–H groups in total. The van der Waals surface area contributed by atoms with Crippen molar-refractivity contribution in [2.45, 2.75) is 26.5 Å². The first-order valence-corrected chi connectivity index (χ1v) is 6.78. The lowest BCUT2D eigenvalue weighted by Gasteiger charge is -2.08. The number of anilines is 1. The highest BCUT2D eigenvalue weighted by Crippen LogP contribution is 2.13. The molecule has 0 radical (unpaired) electrons. The first kappa shape index (κ1) is 14.3. The van der Waals surface area contributed by atoms with E-state index >= 15 is 0 Å². The molecule has 0 bridgehead atoms. The van der Waals surface area contributed by atoms with E-state index in [1.54, 1.807) is 0 Å². The Morgan fingerprint density at radius 3 is 2.15 bits per heavy atom. The van der Waals surface area contributed by atoms with Crippen molar-refractivity contribution in [1.82, 2.24) is 0 Å². The summed E-state index contributed by atoms with van der Waals surface area (Å²) >= 11 is 0. The summed E-state index contributed by atoms with van der Waals surface area (Å²) < 4.78 is 0. The second-order valence-corrected chi connectivity index (χ2v) is 4.68. The maximum absolute atomic E-state index is 11.5. The van der Waals surface area contributed by atoms with E-state index in [0.29, 0.717) is 13.0 Å². The van der Waals surface area contributed by atoms with Gasteiger partial charge < -0.3 is 10.4 Å². The third kappa shape index (κ3) is 3.68. The van der Waals surface area contributed by atoms with Gasteiger partial charge in [-0.1, -0.05) is 31.2 Å². The predicted molar refractivity (Wildman–Crippen MR) is 80.8 cm³/mol. The van der Waals surface area contributed by atoms with Gasteiger partial charge in [0.2, 0.25) is 0 Å². The Labute approximate surface area is 119 Å². The Bertz CT molecular complexity index is 559. The zero-order valence-corrected chi connectivity index (χ0v) is 11.6. The van der Waals surface area contributed by atoms with Gasteiger partial charge in [0, 0.05) is 24.2 Å². The zero-order chi connectivity index (χ0) is 14.4. The number of carbonyl (C=O) groups excluding carboxylic acids is 1. The number of carbonyl (C=O) groups is 1. The molecule has 0 unspecified atom stereocenters. The van der Waals surface area contributed by atoms with Crippen molar-refractivity contribution < 1.29 is 9.90 Å². The van der Waals surface area contributed by atoms with Gasteiger partial charge in [0.25, 0.3) is 0 Å². The number of Topliss-reactive ketones (excluding diaryl/α,β-unsaturated/α-hetero) is 1. The fourth-order valence-corrected chi connectivity index (χ4v) is 1.94. The van der Waals surface area contributed by atoms with Gasteiger partial charge in [-0.3, -0.25) is 4.79 Å². The van der Waals surface area contributed by atoms with Crippen molar-refractivity contribution in [2.75, 3.05) is 5.32 Å². The molecule has 2 aromatic carbocycles. The van der Waals surface area contributed by atoms with Gasteiger partial charge in [0.05, 0.1) is 6.61 Å². The van der Waals surface area contributed by atoms with Crippen LogP contribution in [0, 0.1) is 0 Å². The Balaban J connectivity index is 1.94. The monoisotopic (exact) mass is 269 g/mol. The van der Waals surface area contributed by atoms with Gasteiger partial charge in [-0.25, -0.2) is 0 Å². The van der Waals surface area contributed by atoms with Crippen LogP contribution < -0.4 is 5.32 Å². The molecular weight excluding hydrogens is 250 g/mol. The molecule has 2 rings (SSSR count). The number of aliphatic hydroxyl groups is 1. The Morgan fingerprint density at radius 2 is 1.60 bits per heavy atom. The largest absolute Gasteiger partial charge is 0.392 e. The molecule has 0 aliphatic carbocycles. The molecule has 0 aliphatic heterocycles. The van der Waals surface area contributed by atoms with Gasteiger partial charge in [0.15, 0.2) is 5.78 Å². The van der Waals surface area contributed by atoms with Crippen molar-refractivity contribution >= 4 is 11.5 Å². The highest BCUT2D eigenvalue weighted by Gasteiger charge is 2.02. The summed E-state index contributed by atoms with van der Waals surface area (Å²) in [4.78, 5) is 11.5. The van der Waals surface area contributed by atoms with Crippen LogP contribution in [0.1, 0.15) is 34.8 Å². The highest BCUT2D eigenvalue weighted by molar-refractivity contribution is 5.96. The van der Waals surface area contributed by atoms with E-state index < -0.39 is 0 Å². The molecule has 0 aromatic heterocycles. The number of rotatable bonds is 6. The standard InChI is InChI=1S/C17H19NO2/c1-2-17(20)15-7-9-16(10-8-15)18-11-13-3-5-14(12-19)6-4-13/h3-10,18-19H,2,11-12H2,1H3. The topological polar surface area (TPSA) is 49.3 Å². The average Bonchev–Trinajstić information content (AvgIpc) is 2.53. The fourth-order valence-electron chi connectivity index (χ4n) is 1.94. The molecule has 0 aliphatic rings. The average molecular weight is 269 g/mol. The Kier molecular flexibility index (Phi) is 4.91. The van der Waals surface area contributed by atoms with Crippen molar-refractivity contribution in [3.63, 3.8) is 0 Å². The summed E-state index contributed by atoms with van der Waals surface area (Å²) in [5, 5.41) is 12.3. The lowest BCUT2D eigenvalue weighted by molar-refractivity contribution is 0.0988. The minimum atomic E-state index is 0.0701. The van der Waals surface area contributed by atoms with Gasteiger partial charge >= 0.3 is 0 Å². The van der Waals surface area contributed by atoms with E-state index in [1.165, 1.54) is 0 Å². The van der Waals surface area contributed by atoms with Crippen LogP contribution in [-0.4, -0.2) is 10.9 Å². The molecule has 104 valence electrons. The van der Waals surface area contributed by atoms with Crippen molar-refractivity contribution in [1.29, 1.82) is 0 Å². The van der Waals surface area contributed by atoms with Crippen LogP contribution in [0.15, 0.2) is 48.5 Å². The minimum absolute atomic E-state index is 0.0701. The first-order valence-electron chi connectivity index (χ1n) is 6.78. The number of benzene rings is 2. The second kappa shape index (κ2) is 6.87. The van der Waals surface area contributed by atoms with Crippen molar-refractivity contribution in [2.24, 2.45) is 0 Å². The first-order chi connectivity index (χ1) is 9.72. The number of hydrogen-bond acceptors (Lipinski definition) is 3. The molecule has 3 heteroatoms. The zero-order valence-electron chi connectivity index (χ0n) is 11.6. The molecule has 0 amide bonds. The van der Waals surface area contributed by atoms with E-state index in [2.05, 4.69) is 5.32 Å². The summed E-state index contributed by atoms with van der Waals surface area (Å²) in [6, 6.07) is 15.4. The molecule has 0 saturated heterocycles. The van der Waals surface area contributed by atoms with Crippen LogP contribution in [0.5, 0.6) is 0 Å². The number of aliphatic hydroxyl groups excluding tert-OH is 1. The minimum Gasteiger partial charge on any atom is -0.392 e. The van der Waals surface area contributed by atoms with Gasteiger partial charge in [0.1, 0.15) is 0 Å². The molecule has 0 saturated carbocycles. The van der Waals surface area contributed by atoms with Crippen LogP contribution in [0.25, 0.3) is 0 Å². The smallest absolute Gasteiger partial charge is 0.162 e. The predicted octanol–water partition coefficient (Wildman–Crippen LogP) is 3.38. The highest BCUT2D eigenvalue weighted by atomic mass is 16.3. The number of ketones is 1. The van der Waals surface area contributed by atoms with E-state index in [-0.39, 0.29) is 12.4 Å². The van der Waals surface area contributed by atoms with Crippen LogP contribution in [-0.2, 0) is 13.2 Å². The maximum atomic E-state index is 11.5. The molecule has 2 aromatic rings. The van der Waals surface area contributed by atoms with Crippen LogP contribution in [0.2, 0.25) is 0 Å². The molecule has 0 atom stereocenters. The maximum Gasteiger partial charge on any atom is 0.162 e. The normalized spacial score (nSPS) is 10.3. The molecule has 20 heavy (non-hydrogen) atoms. The second-order valence-electron chi connectivity index (χ2n) is 4.68. The summed E-state index contributed by atoms with van der Waals surface area (Å²) in [6.45, 7) is 2.65. The quantitative estimate of drug-likeness (QED) is 0.790. The molecule has 3 nitrogen and oxygen atoms in total. The SMILES string of the molecule is CCC(=O)c1ccc(NCc2ccc(CO)cc2)cc1. The van der Waals surface area contributed by atoms with E-state index in [1.807, 2.05) is 55.5 Å². The number of hydrogen-bond donors (Lipinski definition) is 2. The van der Waals surface area contributed by atoms with E-state index in [9.17, 15) is 4.79 Å². The lowest BCUT2D eigenvalue weighted by atomic mass is 10.1. The van der Waals surface area contributed by atoms with Crippen LogP contribution in [0.3, 0.4) is 0 Å². The van der Waals surface area contributed by atoms with Crippen LogP contribution >= 0.6 is 0 Å². The van der Waals surface area contributed by atoms with Crippen LogP contribution in [0.4, 0.5) is 5.69 Å². The summed E-state index contributed by atoms with van der Waals surface area (Å²) in [7, 11) is 0. The van der Waals surface area contributed by atoms with Gasteiger partial charge in [-0.2, -0.15) is 0 Å². The third-order valence-corrected chi connectivity index (χ3v) is 3.23. The van der Waals surface area contributed by atoms with Crippen molar-refractivity contribution in [3.8, 4) is 0 Å². The van der Waals surface area contributed by atoms with Gasteiger partial charge in [-0.05, 0) is 35.4 Å². The van der Waals surface area contributed by atoms with Crippen molar-refractivity contribution in [3.05, 3.63) is 65.2 Å². The fraction of sp³-hybridized carbons (Fsp3) is 0.235.